The molecule has 1 aliphatic rings. The van der Waals surface area contributed by atoms with Gasteiger partial charge >= 0.3 is 0 Å². The van der Waals surface area contributed by atoms with Crippen LogP contribution in [0.2, 0.25) is 0 Å². The van der Waals surface area contributed by atoms with Crippen molar-refractivity contribution in [2.75, 3.05) is 36.4 Å². The van der Waals surface area contributed by atoms with E-state index in [4.69, 9.17) is 4.52 Å². The largest absolute Gasteiger partial charge is 0.369 e. The Morgan fingerprint density at radius 3 is 2.56 bits per heavy atom. The maximum atomic E-state index is 12.4. The Labute approximate surface area is 148 Å². The smallest absolute Gasteiger partial charge is 0.242 e. The molecular formula is C19H26N4O2. The van der Waals surface area contributed by atoms with Crippen LogP contribution in [0.5, 0.6) is 0 Å². The number of aromatic nitrogens is 1. The summed E-state index contributed by atoms with van der Waals surface area (Å²) in [5.41, 5.74) is 3.95. The van der Waals surface area contributed by atoms with Gasteiger partial charge in [-0.25, -0.2) is 0 Å². The molecule has 1 N–H and O–H groups in total. The van der Waals surface area contributed by atoms with E-state index in [1.54, 1.807) is 13.0 Å². The van der Waals surface area contributed by atoms with Crippen LogP contribution in [0.3, 0.4) is 0 Å². The molecule has 0 saturated carbocycles. The van der Waals surface area contributed by atoms with Gasteiger partial charge in [0.25, 0.3) is 0 Å². The Morgan fingerprint density at radius 1 is 1.20 bits per heavy atom. The van der Waals surface area contributed by atoms with Gasteiger partial charge in [0, 0.05) is 37.9 Å². The van der Waals surface area contributed by atoms with Gasteiger partial charge in [0.2, 0.25) is 5.91 Å². The number of rotatable bonds is 4. The average Bonchev–Trinajstić information content (AvgIpc) is 3.01. The number of hydrogen-bond acceptors (Lipinski definition) is 5. The van der Waals surface area contributed by atoms with Gasteiger partial charge in [0.1, 0.15) is 5.76 Å². The molecule has 1 atom stereocenters. The van der Waals surface area contributed by atoms with Crippen molar-refractivity contribution < 1.29 is 9.32 Å². The topological polar surface area (TPSA) is 61.6 Å². The highest BCUT2D eigenvalue weighted by atomic mass is 16.5. The van der Waals surface area contributed by atoms with E-state index in [1.807, 2.05) is 6.92 Å². The fraction of sp³-hybridized carbons (Fsp3) is 0.474. The second-order valence-corrected chi connectivity index (χ2v) is 6.73. The van der Waals surface area contributed by atoms with Crippen molar-refractivity contribution in [2.45, 2.75) is 33.7 Å². The van der Waals surface area contributed by atoms with E-state index >= 15 is 0 Å². The SMILES string of the molecule is Cc1cc(NC(=O)[C@H](C)N2CCN(c3cccc(C)c3C)CC2)no1. The van der Waals surface area contributed by atoms with E-state index in [9.17, 15) is 4.79 Å². The van der Waals surface area contributed by atoms with Gasteiger partial charge in [-0.2, -0.15) is 0 Å². The molecule has 2 heterocycles. The minimum atomic E-state index is -0.197. The van der Waals surface area contributed by atoms with Crippen LogP contribution < -0.4 is 10.2 Å². The minimum absolute atomic E-state index is 0.0477. The molecule has 1 aromatic carbocycles. The molecule has 2 aromatic rings. The van der Waals surface area contributed by atoms with Crippen molar-refractivity contribution in [3.63, 3.8) is 0 Å². The van der Waals surface area contributed by atoms with Crippen LogP contribution in [0.15, 0.2) is 28.8 Å². The van der Waals surface area contributed by atoms with Gasteiger partial charge in [-0.15, -0.1) is 0 Å². The third kappa shape index (κ3) is 3.85. The van der Waals surface area contributed by atoms with Gasteiger partial charge < -0.3 is 14.7 Å². The summed E-state index contributed by atoms with van der Waals surface area (Å²) < 4.78 is 4.99. The molecule has 0 unspecified atom stereocenters. The van der Waals surface area contributed by atoms with Crippen LogP contribution in [-0.2, 0) is 4.79 Å². The third-order valence-corrected chi connectivity index (χ3v) is 5.04. The highest BCUT2D eigenvalue weighted by Crippen LogP contribution is 2.24. The highest BCUT2D eigenvalue weighted by molar-refractivity contribution is 5.93. The zero-order chi connectivity index (χ0) is 18.0. The first-order chi connectivity index (χ1) is 12.0. The zero-order valence-corrected chi connectivity index (χ0v) is 15.4. The summed E-state index contributed by atoms with van der Waals surface area (Å²) in [6.07, 6.45) is 0. The molecule has 6 heteroatoms. The van der Waals surface area contributed by atoms with Gasteiger partial charge in [0.15, 0.2) is 5.82 Å². The van der Waals surface area contributed by atoms with E-state index in [0.29, 0.717) is 11.6 Å². The number of nitrogens with one attached hydrogen (secondary N) is 1. The van der Waals surface area contributed by atoms with Crippen LogP contribution in [0.25, 0.3) is 0 Å². The highest BCUT2D eigenvalue weighted by Gasteiger charge is 2.26. The summed E-state index contributed by atoms with van der Waals surface area (Å²) in [6.45, 7) is 11.6. The molecule has 1 aromatic heterocycles. The first kappa shape index (κ1) is 17.5. The first-order valence-electron chi connectivity index (χ1n) is 8.75. The zero-order valence-electron chi connectivity index (χ0n) is 15.4. The Kier molecular flexibility index (Phi) is 5.08. The number of carbonyl (C=O) groups is 1. The van der Waals surface area contributed by atoms with Gasteiger partial charge in [-0.3, -0.25) is 9.69 Å². The van der Waals surface area contributed by atoms with Crippen LogP contribution in [0.4, 0.5) is 11.5 Å². The molecule has 1 amide bonds. The number of carbonyl (C=O) groups excluding carboxylic acids is 1. The van der Waals surface area contributed by atoms with E-state index in [1.165, 1.54) is 16.8 Å². The molecule has 0 aliphatic carbocycles. The Hall–Kier alpha value is -2.34. The minimum Gasteiger partial charge on any atom is -0.369 e. The summed E-state index contributed by atoms with van der Waals surface area (Å²) in [5, 5.41) is 6.64. The normalized spacial score (nSPS) is 16.7. The lowest BCUT2D eigenvalue weighted by Gasteiger charge is -2.39. The maximum Gasteiger partial charge on any atom is 0.242 e. The van der Waals surface area contributed by atoms with Crippen LogP contribution in [0, 0.1) is 20.8 Å². The van der Waals surface area contributed by atoms with Gasteiger partial charge in [0.05, 0.1) is 6.04 Å². The van der Waals surface area contributed by atoms with E-state index < -0.39 is 0 Å². The molecule has 1 saturated heterocycles. The van der Waals surface area contributed by atoms with Crippen molar-refractivity contribution in [1.29, 1.82) is 0 Å². The monoisotopic (exact) mass is 342 g/mol. The van der Waals surface area contributed by atoms with Crippen molar-refractivity contribution in [2.24, 2.45) is 0 Å². The molecule has 0 spiro atoms. The lowest BCUT2D eigenvalue weighted by atomic mass is 10.1. The Bertz CT molecular complexity index is 748. The van der Waals surface area contributed by atoms with Gasteiger partial charge in [-0.05, 0) is 44.9 Å². The number of piperazine rings is 1. The summed E-state index contributed by atoms with van der Waals surface area (Å²) in [4.78, 5) is 17.0. The second-order valence-electron chi connectivity index (χ2n) is 6.73. The molecular weight excluding hydrogens is 316 g/mol. The standard InChI is InChI=1S/C19H26N4O2/c1-13-6-5-7-17(15(13)3)23-10-8-22(9-11-23)16(4)19(24)20-18-12-14(2)25-21-18/h5-7,12,16H,8-11H2,1-4H3,(H,20,21,24)/t16-/m0/s1. The summed E-state index contributed by atoms with van der Waals surface area (Å²) in [7, 11) is 0. The maximum absolute atomic E-state index is 12.4. The number of hydrogen-bond donors (Lipinski definition) is 1. The Morgan fingerprint density at radius 2 is 1.92 bits per heavy atom. The van der Waals surface area contributed by atoms with Crippen molar-refractivity contribution in [3.8, 4) is 0 Å². The van der Waals surface area contributed by atoms with Crippen molar-refractivity contribution in [1.82, 2.24) is 10.1 Å². The molecule has 0 radical (unpaired) electrons. The molecule has 1 fully saturated rings. The van der Waals surface area contributed by atoms with E-state index in [-0.39, 0.29) is 11.9 Å². The fourth-order valence-corrected chi connectivity index (χ4v) is 3.25. The van der Waals surface area contributed by atoms with Crippen LogP contribution in [0.1, 0.15) is 23.8 Å². The number of nitrogens with zero attached hydrogens (tertiary/aromatic N) is 3. The fourth-order valence-electron chi connectivity index (χ4n) is 3.25. The number of aryl methyl sites for hydroxylation is 2. The average molecular weight is 342 g/mol. The molecule has 134 valence electrons. The number of amides is 1. The molecule has 25 heavy (non-hydrogen) atoms. The predicted octanol–water partition coefficient (Wildman–Crippen LogP) is 2.75. The van der Waals surface area contributed by atoms with E-state index in [0.717, 1.165) is 26.2 Å². The number of anilines is 2. The molecule has 3 rings (SSSR count). The number of benzene rings is 1. The quantitative estimate of drug-likeness (QED) is 0.926. The predicted molar refractivity (Wildman–Crippen MR) is 99.0 cm³/mol. The third-order valence-electron chi connectivity index (χ3n) is 5.04. The summed E-state index contributed by atoms with van der Waals surface area (Å²) in [5.74, 6) is 1.11. The summed E-state index contributed by atoms with van der Waals surface area (Å²) in [6, 6.07) is 7.97. The lowest BCUT2D eigenvalue weighted by Crippen LogP contribution is -2.53. The first-order valence-corrected chi connectivity index (χ1v) is 8.75. The molecule has 0 bridgehead atoms. The molecule has 1 aliphatic heterocycles. The molecule has 6 nitrogen and oxygen atoms in total. The second kappa shape index (κ2) is 7.27. The van der Waals surface area contributed by atoms with Gasteiger partial charge in [-0.1, -0.05) is 17.3 Å². The van der Waals surface area contributed by atoms with Crippen molar-refractivity contribution in [3.05, 3.63) is 41.2 Å². The lowest BCUT2D eigenvalue weighted by molar-refractivity contribution is -0.120. The Balaban J connectivity index is 1.58. The van der Waals surface area contributed by atoms with Crippen LogP contribution in [-0.4, -0.2) is 48.2 Å². The summed E-state index contributed by atoms with van der Waals surface area (Å²) >= 11 is 0. The van der Waals surface area contributed by atoms with Crippen LogP contribution >= 0.6 is 0 Å². The van der Waals surface area contributed by atoms with Crippen molar-refractivity contribution >= 4 is 17.4 Å². The van der Waals surface area contributed by atoms with E-state index in [2.05, 4.69) is 52.3 Å².